The number of ether oxygens (including phenoxy) is 1. The van der Waals surface area contributed by atoms with Gasteiger partial charge in [0.25, 0.3) is 15.9 Å². The lowest BCUT2D eigenvalue weighted by molar-refractivity contribution is 0.0926. The molecule has 6 nitrogen and oxygen atoms in total. The second kappa shape index (κ2) is 9.61. The van der Waals surface area contributed by atoms with Crippen molar-refractivity contribution in [3.63, 3.8) is 0 Å². The van der Waals surface area contributed by atoms with Crippen LogP contribution in [0.15, 0.2) is 77.7 Å². The summed E-state index contributed by atoms with van der Waals surface area (Å²) in [5.41, 5.74) is 1.41. The maximum Gasteiger partial charge on any atom is 0.261 e. The van der Waals surface area contributed by atoms with Crippen LogP contribution < -0.4 is 14.8 Å². The minimum absolute atomic E-state index is 0.0757. The Labute approximate surface area is 181 Å². The molecule has 0 saturated carbocycles. The first-order chi connectivity index (χ1) is 14.7. The summed E-state index contributed by atoms with van der Waals surface area (Å²) in [4.78, 5) is 12.5. The topological polar surface area (TPSA) is 84.5 Å². The Morgan fingerprint density at radius 1 is 1.03 bits per heavy atom. The second-order valence-corrected chi connectivity index (χ2v) is 8.77. The molecular formula is C23H23FN2O4S. The van der Waals surface area contributed by atoms with Crippen molar-refractivity contribution < 1.29 is 22.3 Å². The summed E-state index contributed by atoms with van der Waals surface area (Å²) in [5.74, 6) is -0.148. The van der Waals surface area contributed by atoms with Crippen molar-refractivity contribution in [1.29, 1.82) is 0 Å². The van der Waals surface area contributed by atoms with E-state index < -0.39 is 21.7 Å². The van der Waals surface area contributed by atoms with Gasteiger partial charge >= 0.3 is 0 Å². The first kappa shape index (κ1) is 22.3. The summed E-state index contributed by atoms with van der Waals surface area (Å²) in [6, 6.07) is 17.9. The van der Waals surface area contributed by atoms with Gasteiger partial charge in [-0.05, 0) is 67.9 Å². The van der Waals surface area contributed by atoms with Crippen molar-refractivity contribution in [3.8, 4) is 5.75 Å². The molecule has 3 aromatic rings. The van der Waals surface area contributed by atoms with E-state index in [1.165, 1.54) is 36.4 Å². The zero-order valence-corrected chi connectivity index (χ0v) is 17.9. The van der Waals surface area contributed by atoms with Crippen molar-refractivity contribution in [2.75, 3.05) is 11.3 Å². The molecule has 0 radical (unpaired) electrons. The van der Waals surface area contributed by atoms with Crippen molar-refractivity contribution in [3.05, 3.63) is 89.7 Å². The molecule has 0 spiro atoms. The van der Waals surface area contributed by atoms with E-state index in [1.54, 1.807) is 6.92 Å². The zero-order chi connectivity index (χ0) is 22.4. The highest BCUT2D eigenvalue weighted by Crippen LogP contribution is 2.18. The summed E-state index contributed by atoms with van der Waals surface area (Å²) < 4.78 is 46.4. The summed E-state index contributed by atoms with van der Waals surface area (Å²) in [6.45, 7) is 4.00. The van der Waals surface area contributed by atoms with Gasteiger partial charge in [-0.15, -0.1) is 0 Å². The molecule has 2 N–H and O–H groups in total. The maximum atomic E-state index is 13.0. The lowest BCUT2D eigenvalue weighted by Crippen LogP contribution is -2.36. The van der Waals surface area contributed by atoms with Gasteiger partial charge in [0.05, 0.1) is 10.9 Å². The van der Waals surface area contributed by atoms with Gasteiger partial charge in [-0.1, -0.05) is 24.3 Å². The molecule has 0 aliphatic heterocycles. The van der Waals surface area contributed by atoms with Crippen LogP contribution in [0.3, 0.4) is 0 Å². The number of carbonyl (C=O) groups excluding carboxylic acids is 1. The summed E-state index contributed by atoms with van der Waals surface area (Å²) in [7, 11) is -3.94. The number of benzene rings is 3. The van der Waals surface area contributed by atoms with E-state index in [4.69, 9.17) is 4.74 Å². The normalized spacial score (nSPS) is 12.1. The molecule has 1 atom stereocenters. The minimum atomic E-state index is -3.94. The SMILES string of the molecule is Cc1ccccc1OCC(C)NC(=O)c1cccc(S(=O)(=O)Nc2ccc(F)cc2)c1. The number of sulfonamides is 1. The maximum absolute atomic E-state index is 13.0. The van der Waals surface area contributed by atoms with Crippen LogP contribution in [0.25, 0.3) is 0 Å². The Hall–Kier alpha value is -3.39. The van der Waals surface area contributed by atoms with E-state index in [-0.39, 0.29) is 28.8 Å². The predicted molar refractivity (Wildman–Crippen MR) is 117 cm³/mol. The van der Waals surface area contributed by atoms with Gasteiger partial charge in [0, 0.05) is 11.3 Å². The third-order valence-electron chi connectivity index (χ3n) is 4.46. The number of hydrogen-bond donors (Lipinski definition) is 2. The van der Waals surface area contributed by atoms with Crippen molar-refractivity contribution in [2.45, 2.75) is 24.8 Å². The van der Waals surface area contributed by atoms with E-state index in [0.29, 0.717) is 0 Å². The molecule has 3 aromatic carbocycles. The Balaban J connectivity index is 1.65. The fraction of sp³-hybridized carbons (Fsp3) is 0.174. The lowest BCUT2D eigenvalue weighted by Gasteiger charge is -2.16. The number of aryl methyl sites for hydroxylation is 1. The van der Waals surface area contributed by atoms with E-state index >= 15 is 0 Å². The van der Waals surface area contributed by atoms with Crippen molar-refractivity contribution >= 4 is 21.6 Å². The number of carbonyl (C=O) groups is 1. The van der Waals surface area contributed by atoms with Crippen LogP contribution in [-0.2, 0) is 10.0 Å². The van der Waals surface area contributed by atoms with Gasteiger partial charge in [0.2, 0.25) is 0 Å². The van der Waals surface area contributed by atoms with Gasteiger partial charge in [-0.25, -0.2) is 12.8 Å². The standard InChI is InChI=1S/C23H23FN2O4S/c1-16-6-3-4-9-22(16)30-15-17(2)25-23(27)18-7-5-8-21(14-18)31(28,29)26-20-12-10-19(24)11-13-20/h3-14,17,26H,15H2,1-2H3,(H,25,27). The molecular weight excluding hydrogens is 419 g/mol. The van der Waals surface area contributed by atoms with Crippen LogP contribution in [0.4, 0.5) is 10.1 Å². The average Bonchev–Trinajstić information content (AvgIpc) is 2.75. The van der Waals surface area contributed by atoms with Crippen LogP contribution >= 0.6 is 0 Å². The number of amides is 1. The predicted octanol–water partition coefficient (Wildman–Crippen LogP) is 4.13. The van der Waals surface area contributed by atoms with Crippen molar-refractivity contribution in [1.82, 2.24) is 5.32 Å². The number of hydrogen-bond acceptors (Lipinski definition) is 4. The van der Waals surface area contributed by atoms with Crippen LogP contribution in [0, 0.1) is 12.7 Å². The Kier molecular flexibility index (Phi) is 6.91. The van der Waals surface area contributed by atoms with E-state index in [2.05, 4.69) is 10.0 Å². The van der Waals surface area contributed by atoms with Gasteiger partial charge in [0.15, 0.2) is 0 Å². The second-order valence-electron chi connectivity index (χ2n) is 7.09. The number of nitrogens with one attached hydrogen (secondary N) is 2. The first-order valence-electron chi connectivity index (χ1n) is 9.62. The molecule has 0 aromatic heterocycles. The van der Waals surface area contributed by atoms with Gasteiger partial charge in [-0.3, -0.25) is 9.52 Å². The molecule has 162 valence electrons. The van der Waals surface area contributed by atoms with E-state index in [1.807, 2.05) is 31.2 Å². The quantitative estimate of drug-likeness (QED) is 0.549. The molecule has 0 heterocycles. The highest BCUT2D eigenvalue weighted by atomic mass is 32.2. The minimum Gasteiger partial charge on any atom is -0.491 e. The molecule has 1 unspecified atom stereocenters. The van der Waals surface area contributed by atoms with Crippen LogP contribution in [0.1, 0.15) is 22.8 Å². The molecule has 0 saturated heterocycles. The largest absolute Gasteiger partial charge is 0.491 e. The van der Waals surface area contributed by atoms with E-state index in [0.717, 1.165) is 23.4 Å². The fourth-order valence-corrected chi connectivity index (χ4v) is 3.92. The third-order valence-corrected chi connectivity index (χ3v) is 5.84. The average molecular weight is 443 g/mol. The number of rotatable bonds is 8. The molecule has 0 fully saturated rings. The molecule has 0 aliphatic rings. The molecule has 8 heteroatoms. The molecule has 0 aliphatic carbocycles. The molecule has 31 heavy (non-hydrogen) atoms. The van der Waals surface area contributed by atoms with Crippen LogP contribution in [0.2, 0.25) is 0 Å². The monoisotopic (exact) mass is 442 g/mol. The number of para-hydroxylation sites is 1. The highest BCUT2D eigenvalue weighted by molar-refractivity contribution is 7.92. The Morgan fingerprint density at radius 2 is 1.74 bits per heavy atom. The first-order valence-corrected chi connectivity index (χ1v) is 11.1. The lowest BCUT2D eigenvalue weighted by atomic mass is 10.2. The summed E-state index contributed by atoms with van der Waals surface area (Å²) in [5, 5.41) is 2.80. The third kappa shape index (κ3) is 6.05. The number of halogens is 1. The Bertz CT molecular complexity index is 1160. The Morgan fingerprint density at radius 3 is 2.45 bits per heavy atom. The van der Waals surface area contributed by atoms with Crippen LogP contribution in [0.5, 0.6) is 5.75 Å². The van der Waals surface area contributed by atoms with Gasteiger partial charge in [0.1, 0.15) is 18.2 Å². The zero-order valence-electron chi connectivity index (χ0n) is 17.1. The fourth-order valence-electron chi connectivity index (χ4n) is 2.82. The van der Waals surface area contributed by atoms with Gasteiger partial charge < -0.3 is 10.1 Å². The highest BCUT2D eigenvalue weighted by Gasteiger charge is 2.18. The molecule has 0 bridgehead atoms. The summed E-state index contributed by atoms with van der Waals surface area (Å²) in [6.07, 6.45) is 0. The van der Waals surface area contributed by atoms with Crippen molar-refractivity contribution in [2.24, 2.45) is 0 Å². The van der Waals surface area contributed by atoms with Gasteiger partial charge in [-0.2, -0.15) is 0 Å². The molecule has 1 amide bonds. The number of anilines is 1. The van der Waals surface area contributed by atoms with Crippen LogP contribution in [-0.4, -0.2) is 27.0 Å². The molecule has 3 rings (SSSR count). The van der Waals surface area contributed by atoms with E-state index in [9.17, 15) is 17.6 Å². The smallest absolute Gasteiger partial charge is 0.261 e. The summed E-state index contributed by atoms with van der Waals surface area (Å²) >= 11 is 0.